The van der Waals surface area contributed by atoms with Crippen LogP contribution in [0.1, 0.15) is 36.3 Å². The van der Waals surface area contributed by atoms with Gasteiger partial charge < -0.3 is 20.1 Å². The van der Waals surface area contributed by atoms with Crippen LogP contribution in [0.5, 0.6) is 0 Å². The van der Waals surface area contributed by atoms with Crippen molar-refractivity contribution in [3.8, 4) is 0 Å². The molecule has 1 amide bonds. The van der Waals surface area contributed by atoms with Crippen LogP contribution in [0, 0.1) is 0 Å². The van der Waals surface area contributed by atoms with Crippen LogP contribution < -0.4 is 10.2 Å². The highest BCUT2D eigenvalue weighted by Gasteiger charge is 2.23. The SMILES string of the molecule is CC1CN(c2ccnc(C(=O)Nc3cccc(CCC(=O)O)c3)c2)CC(C)O1. The normalized spacial score (nSPS) is 19.3. The van der Waals surface area contributed by atoms with E-state index in [9.17, 15) is 9.59 Å². The Bertz CT molecular complexity index is 845. The maximum atomic E-state index is 12.6. The lowest BCUT2D eigenvalue weighted by Gasteiger charge is -2.36. The van der Waals surface area contributed by atoms with Gasteiger partial charge in [-0.25, -0.2) is 0 Å². The van der Waals surface area contributed by atoms with E-state index in [1.807, 2.05) is 26.0 Å². The Morgan fingerprint density at radius 3 is 2.68 bits per heavy atom. The fourth-order valence-corrected chi connectivity index (χ4v) is 3.38. The predicted octanol–water partition coefficient (Wildman–Crippen LogP) is 2.96. The number of nitrogens with one attached hydrogen (secondary N) is 1. The summed E-state index contributed by atoms with van der Waals surface area (Å²) in [6, 6.07) is 10.9. The van der Waals surface area contributed by atoms with E-state index < -0.39 is 5.97 Å². The van der Waals surface area contributed by atoms with Crippen molar-refractivity contribution in [1.82, 2.24) is 4.98 Å². The Morgan fingerprint density at radius 2 is 1.96 bits per heavy atom. The van der Waals surface area contributed by atoms with Gasteiger partial charge in [0.2, 0.25) is 0 Å². The number of rotatable bonds is 6. The molecule has 0 radical (unpaired) electrons. The largest absolute Gasteiger partial charge is 0.481 e. The van der Waals surface area contributed by atoms with Crippen LogP contribution >= 0.6 is 0 Å². The summed E-state index contributed by atoms with van der Waals surface area (Å²) in [6.45, 7) is 5.60. The Kier molecular flexibility index (Phi) is 6.26. The molecule has 28 heavy (non-hydrogen) atoms. The fourth-order valence-electron chi connectivity index (χ4n) is 3.38. The van der Waals surface area contributed by atoms with Gasteiger partial charge in [0.25, 0.3) is 5.91 Å². The lowest BCUT2D eigenvalue weighted by molar-refractivity contribution is -0.136. The number of aliphatic carboxylic acids is 1. The summed E-state index contributed by atoms with van der Waals surface area (Å²) in [5.41, 5.74) is 2.75. The summed E-state index contributed by atoms with van der Waals surface area (Å²) < 4.78 is 5.77. The van der Waals surface area contributed by atoms with Crippen LogP contribution in [-0.4, -0.2) is 47.3 Å². The van der Waals surface area contributed by atoms with Crippen LogP contribution in [-0.2, 0) is 16.0 Å². The number of nitrogens with zero attached hydrogens (tertiary/aromatic N) is 2. The molecule has 3 rings (SSSR count). The third-order valence-corrected chi connectivity index (χ3v) is 4.57. The third-order valence-electron chi connectivity index (χ3n) is 4.57. The summed E-state index contributed by atoms with van der Waals surface area (Å²) in [4.78, 5) is 29.8. The van der Waals surface area contributed by atoms with E-state index in [2.05, 4.69) is 15.2 Å². The number of aromatic nitrogens is 1. The number of hydrogen-bond acceptors (Lipinski definition) is 5. The lowest BCUT2D eigenvalue weighted by atomic mass is 10.1. The van der Waals surface area contributed by atoms with Gasteiger partial charge in [-0.2, -0.15) is 0 Å². The summed E-state index contributed by atoms with van der Waals surface area (Å²) in [5.74, 6) is -1.14. The zero-order valence-corrected chi connectivity index (χ0v) is 16.1. The van der Waals surface area contributed by atoms with Crippen LogP contribution in [0.2, 0.25) is 0 Å². The molecule has 2 aromatic rings. The molecule has 148 valence electrons. The topological polar surface area (TPSA) is 91.8 Å². The number of benzene rings is 1. The number of pyridine rings is 1. The summed E-state index contributed by atoms with van der Waals surface area (Å²) in [7, 11) is 0. The van der Waals surface area contributed by atoms with Gasteiger partial charge in [-0.1, -0.05) is 12.1 Å². The number of carboxylic acids is 1. The van der Waals surface area contributed by atoms with Crippen LogP contribution in [0.15, 0.2) is 42.6 Å². The van der Waals surface area contributed by atoms with Gasteiger partial charge in [0.15, 0.2) is 0 Å². The Balaban J connectivity index is 1.69. The zero-order valence-electron chi connectivity index (χ0n) is 16.1. The van der Waals surface area contributed by atoms with E-state index in [4.69, 9.17) is 9.84 Å². The average Bonchev–Trinajstić information content (AvgIpc) is 2.66. The van der Waals surface area contributed by atoms with Crippen molar-refractivity contribution in [1.29, 1.82) is 0 Å². The quantitative estimate of drug-likeness (QED) is 0.797. The van der Waals surface area contributed by atoms with Gasteiger partial charge in [-0.3, -0.25) is 14.6 Å². The molecule has 1 saturated heterocycles. The number of carbonyl (C=O) groups is 2. The lowest BCUT2D eigenvalue weighted by Crippen LogP contribution is -2.45. The second-order valence-corrected chi connectivity index (χ2v) is 7.11. The zero-order chi connectivity index (χ0) is 20.1. The maximum Gasteiger partial charge on any atom is 0.303 e. The maximum absolute atomic E-state index is 12.6. The van der Waals surface area contributed by atoms with E-state index >= 15 is 0 Å². The number of hydrogen-bond donors (Lipinski definition) is 2. The first-order valence-electron chi connectivity index (χ1n) is 9.39. The van der Waals surface area contributed by atoms with Crippen molar-refractivity contribution >= 4 is 23.3 Å². The van der Waals surface area contributed by atoms with E-state index in [0.717, 1.165) is 24.3 Å². The number of aryl methyl sites for hydroxylation is 1. The van der Waals surface area contributed by atoms with Gasteiger partial charge in [-0.05, 0) is 50.1 Å². The van der Waals surface area contributed by atoms with Crippen LogP contribution in [0.4, 0.5) is 11.4 Å². The minimum atomic E-state index is -0.845. The highest BCUT2D eigenvalue weighted by atomic mass is 16.5. The molecule has 1 aromatic carbocycles. The molecule has 0 aliphatic carbocycles. The molecule has 2 atom stereocenters. The molecule has 7 nitrogen and oxygen atoms in total. The number of carboxylic acid groups (broad SMARTS) is 1. The monoisotopic (exact) mass is 383 g/mol. The molecule has 0 spiro atoms. The molecule has 1 fully saturated rings. The van der Waals surface area contributed by atoms with Gasteiger partial charge in [0.05, 0.1) is 12.2 Å². The van der Waals surface area contributed by atoms with Gasteiger partial charge in [0.1, 0.15) is 5.69 Å². The molecule has 0 bridgehead atoms. The predicted molar refractivity (Wildman–Crippen MR) is 107 cm³/mol. The Morgan fingerprint density at radius 1 is 1.21 bits per heavy atom. The summed E-state index contributed by atoms with van der Waals surface area (Å²) in [5, 5.41) is 11.7. The van der Waals surface area contributed by atoms with Gasteiger partial charge in [0, 0.05) is 37.1 Å². The van der Waals surface area contributed by atoms with E-state index in [1.54, 1.807) is 30.5 Å². The fraction of sp³-hybridized carbons (Fsp3) is 0.381. The van der Waals surface area contributed by atoms with Crippen molar-refractivity contribution < 1.29 is 19.4 Å². The van der Waals surface area contributed by atoms with E-state index in [0.29, 0.717) is 17.8 Å². The molecule has 1 aromatic heterocycles. The second kappa shape index (κ2) is 8.84. The van der Waals surface area contributed by atoms with Crippen molar-refractivity contribution in [2.24, 2.45) is 0 Å². The highest BCUT2D eigenvalue weighted by Crippen LogP contribution is 2.21. The first-order valence-corrected chi connectivity index (χ1v) is 9.39. The first-order chi connectivity index (χ1) is 13.4. The number of ether oxygens (including phenoxy) is 1. The Hall–Kier alpha value is -2.93. The number of morpholine rings is 1. The highest BCUT2D eigenvalue weighted by molar-refractivity contribution is 6.03. The van der Waals surface area contributed by atoms with Crippen LogP contribution in [0.3, 0.4) is 0 Å². The van der Waals surface area contributed by atoms with Gasteiger partial charge >= 0.3 is 5.97 Å². The van der Waals surface area contributed by atoms with E-state index in [-0.39, 0.29) is 24.5 Å². The smallest absolute Gasteiger partial charge is 0.303 e. The number of anilines is 2. The molecule has 7 heteroatoms. The summed E-state index contributed by atoms with van der Waals surface area (Å²) >= 11 is 0. The third kappa shape index (κ3) is 5.29. The molecular weight excluding hydrogens is 358 g/mol. The molecule has 0 saturated carbocycles. The van der Waals surface area contributed by atoms with Crippen LogP contribution in [0.25, 0.3) is 0 Å². The first kappa shape index (κ1) is 19.8. The minimum Gasteiger partial charge on any atom is -0.481 e. The molecule has 2 heterocycles. The van der Waals surface area contributed by atoms with Crippen molar-refractivity contribution in [2.75, 3.05) is 23.3 Å². The number of amides is 1. The van der Waals surface area contributed by atoms with Crippen molar-refractivity contribution in [3.63, 3.8) is 0 Å². The molecule has 1 aliphatic rings. The molecular formula is C21H25N3O4. The van der Waals surface area contributed by atoms with Gasteiger partial charge in [-0.15, -0.1) is 0 Å². The van der Waals surface area contributed by atoms with Crippen molar-refractivity contribution in [2.45, 2.75) is 38.9 Å². The van der Waals surface area contributed by atoms with E-state index in [1.165, 1.54) is 0 Å². The average molecular weight is 383 g/mol. The standard InChI is InChI=1S/C21H25N3O4/c1-14-12-24(13-15(2)28-14)18-8-9-22-19(11-18)21(27)23-17-5-3-4-16(10-17)6-7-20(25)26/h3-5,8-11,14-15H,6-7,12-13H2,1-2H3,(H,23,27)(H,25,26). The molecule has 2 N–H and O–H groups in total. The summed E-state index contributed by atoms with van der Waals surface area (Å²) in [6.07, 6.45) is 2.36. The second-order valence-electron chi connectivity index (χ2n) is 7.11. The Labute approximate surface area is 164 Å². The number of carbonyl (C=O) groups excluding carboxylic acids is 1. The molecule has 1 aliphatic heterocycles. The molecule has 2 unspecified atom stereocenters. The minimum absolute atomic E-state index is 0.0530. The van der Waals surface area contributed by atoms with Crippen molar-refractivity contribution in [3.05, 3.63) is 53.9 Å².